The highest BCUT2D eigenvalue weighted by molar-refractivity contribution is 7.89. The van der Waals surface area contributed by atoms with Gasteiger partial charge < -0.3 is 23.2 Å². The number of hydrogen-bond donors (Lipinski definition) is 1. The number of anilines is 1. The van der Waals surface area contributed by atoms with E-state index in [0.29, 0.717) is 33.6 Å². The lowest BCUT2D eigenvalue weighted by atomic mass is 9.93. The zero-order valence-electron chi connectivity index (χ0n) is 32.3. The van der Waals surface area contributed by atoms with Gasteiger partial charge in [-0.25, -0.2) is 26.1 Å². The van der Waals surface area contributed by atoms with E-state index in [1.807, 2.05) is 94.4 Å². The lowest BCUT2D eigenvalue weighted by molar-refractivity contribution is 0.295. The van der Waals surface area contributed by atoms with Gasteiger partial charge in [0, 0.05) is 71.8 Å². The zero-order chi connectivity index (χ0) is 40.4. The summed E-state index contributed by atoms with van der Waals surface area (Å²) < 4.78 is 85.8. The largest absolute Gasteiger partial charge is 0.744 e. The molecule has 14 heteroatoms. The summed E-state index contributed by atoms with van der Waals surface area (Å²) >= 11 is 0. The van der Waals surface area contributed by atoms with Crippen LogP contribution in [-0.4, -0.2) is 52.1 Å². The zero-order valence-corrected chi connectivity index (χ0v) is 34.0. The lowest BCUT2D eigenvalue weighted by Crippen LogP contribution is -2.29. The van der Waals surface area contributed by atoms with Gasteiger partial charge in [0.1, 0.15) is 41.2 Å². The van der Waals surface area contributed by atoms with Gasteiger partial charge in [-0.15, -0.1) is 0 Å². The maximum Gasteiger partial charge on any atom is 0.240 e. The lowest BCUT2D eigenvalue weighted by Gasteiger charge is -2.23. The van der Waals surface area contributed by atoms with Crippen molar-refractivity contribution in [2.45, 2.75) is 57.6 Å². The highest BCUT2D eigenvalue weighted by Gasteiger charge is 2.26. The van der Waals surface area contributed by atoms with Crippen molar-refractivity contribution >= 4 is 36.8 Å². The number of hydrogen-bond acceptors (Lipinski definition) is 9. The molecule has 4 aromatic rings. The summed E-state index contributed by atoms with van der Waals surface area (Å²) in [5.74, 6) is 0.444. The molecule has 3 aromatic carbocycles. The molecule has 2 heterocycles. The number of aryl methyl sites for hydroxylation is 1. The van der Waals surface area contributed by atoms with E-state index in [1.165, 1.54) is 18.2 Å². The first kappa shape index (κ1) is 40.4. The van der Waals surface area contributed by atoms with E-state index in [4.69, 9.17) is 9.15 Å². The Hall–Kier alpha value is -5.28. The molecule has 12 nitrogen and oxygen atoms in total. The number of rotatable bonds is 14. The van der Waals surface area contributed by atoms with Crippen molar-refractivity contribution in [1.29, 1.82) is 0 Å². The average Bonchev–Trinajstić information content (AvgIpc) is 3.18. The van der Waals surface area contributed by atoms with Gasteiger partial charge in [0.2, 0.25) is 20.8 Å². The minimum Gasteiger partial charge on any atom is -0.744 e. The Morgan fingerprint density at radius 2 is 1.55 bits per heavy atom. The molecule has 6 rings (SSSR count). The molecule has 0 saturated carbocycles. The van der Waals surface area contributed by atoms with E-state index in [-0.39, 0.29) is 30.2 Å². The molecular weight excluding hydrogens is 753 g/mol. The number of benzene rings is 4. The first-order valence-electron chi connectivity index (χ1n) is 18.5. The molecule has 1 aliphatic heterocycles. The van der Waals surface area contributed by atoms with Gasteiger partial charge in [-0.3, -0.25) is 4.79 Å². The van der Waals surface area contributed by atoms with Crippen LogP contribution in [0.2, 0.25) is 0 Å². The molecule has 0 radical (unpaired) electrons. The average molecular weight is 799 g/mol. The van der Waals surface area contributed by atoms with Crippen LogP contribution in [0.25, 0.3) is 33.4 Å². The Morgan fingerprint density at radius 3 is 2.21 bits per heavy atom. The van der Waals surface area contributed by atoms with Crippen molar-refractivity contribution in [1.82, 2.24) is 13.9 Å². The highest BCUT2D eigenvalue weighted by Crippen LogP contribution is 2.43. The highest BCUT2D eigenvalue weighted by atomic mass is 32.2. The summed E-state index contributed by atoms with van der Waals surface area (Å²) in [4.78, 5) is 14.1. The molecule has 1 aliphatic carbocycles. The van der Waals surface area contributed by atoms with Crippen molar-refractivity contribution < 1.29 is 30.5 Å². The van der Waals surface area contributed by atoms with E-state index in [2.05, 4.69) is 14.2 Å². The Balaban J connectivity index is 1.47. The molecule has 0 saturated heterocycles. The fourth-order valence-electron chi connectivity index (χ4n) is 7.00. The van der Waals surface area contributed by atoms with Crippen LogP contribution < -0.4 is 29.7 Å². The first-order chi connectivity index (χ1) is 26.7. The summed E-state index contributed by atoms with van der Waals surface area (Å²) in [5.41, 5.74) is 3.60. The normalized spacial score (nSPS) is 12.0. The molecule has 1 N–H and O–H groups in total. The van der Waals surface area contributed by atoms with Crippen LogP contribution in [0.1, 0.15) is 44.6 Å². The van der Waals surface area contributed by atoms with Gasteiger partial charge >= 0.3 is 0 Å². The Kier molecular flexibility index (Phi) is 11.9. The maximum atomic E-state index is 13.9. The second-order valence-electron chi connectivity index (χ2n) is 13.4. The van der Waals surface area contributed by atoms with E-state index in [1.54, 1.807) is 18.5 Å². The van der Waals surface area contributed by atoms with Crippen LogP contribution in [-0.2, 0) is 40.3 Å². The van der Waals surface area contributed by atoms with E-state index >= 15 is 0 Å². The number of pyridine rings is 1. The standard InChI is InChI=1S/C42H46N4O8S2/c1-7-45(8-2)30-16-19-33-38(23-30)54-39-24-31(46(9-3)10-4)17-20-34(39)41(33)35-21-18-32(25-40(35)56(50,51)52)55(48,49)43-26-36-42(37(47)22-28(5)44(36)6)53-27-29-14-12-11-13-15-29/h11-25,43H,7-10,26-27H2,1-6H3. The Morgan fingerprint density at radius 1 is 0.857 bits per heavy atom. The monoisotopic (exact) mass is 798 g/mol. The molecule has 0 spiro atoms. The predicted octanol–water partition coefficient (Wildman–Crippen LogP) is 5.83. The van der Waals surface area contributed by atoms with E-state index in [9.17, 15) is 26.2 Å². The third-order valence-corrected chi connectivity index (χ3v) is 12.4. The fourth-order valence-corrected chi connectivity index (χ4v) is 8.80. The molecule has 2 aliphatic rings. The molecule has 0 atom stereocenters. The van der Waals surface area contributed by atoms with Gasteiger partial charge in [-0.1, -0.05) is 36.4 Å². The van der Waals surface area contributed by atoms with Crippen LogP contribution in [0, 0.1) is 6.92 Å². The second-order valence-corrected chi connectivity index (χ2v) is 16.5. The molecule has 1 aromatic heterocycles. The summed E-state index contributed by atoms with van der Waals surface area (Å²) in [6.07, 6.45) is 0. The summed E-state index contributed by atoms with van der Waals surface area (Å²) in [7, 11) is -8.01. The SMILES string of the molecule is CCN(CC)c1ccc2c(-c3ccc(S(=O)(=O)NCc4c(OCc5ccccc5)c(=O)cc(C)n4C)cc3S(=O)(=O)[O-])c3ccc(=[N+](CC)CC)cc-3oc2c1. The number of nitrogens with zero attached hydrogens (tertiary/aromatic N) is 3. The number of aromatic nitrogens is 1. The second kappa shape index (κ2) is 16.4. The van der Waals surface area contributed by atoms with Crippen LogP contribution >= 0.6 is 0 Å². The summed E-state index contributed by atoms with van der Waals surface area (Å²) in [5, 5.41) is 1.45. The fraction of sp³-hybridized carbons (Fsp3) is 0.286. The number of sulfonamides is 1. The van der Waals surface area contributed by atoms with Crippen LogP contribution in [0.15, 0.2) is 110 Å². The molecule has 294 valence electrons. The number of fused-ring (bicyclic) bond motifs is 2. The molecule has 0 unspecified atom stereocenters. The molecule has 0 amide bonds. The van der Waals surface area contributed by atoms with Crippen molar-refractivity contribution in [2.24, 2.45) is 7.05 Å². The minimum atomic E-state index is -5.24. The van der Waals surface area contributed by atoms with Crippen molar-refractivity contribution in [3.63, 3.8) is 0 Å². The van der Waals surface area contributed by atoms with Gasteiger partial charge in [0.25, 0.3) is 0 Å². The van der Waals surface area contributed by atoms with E-state index in [0.717, 1.165) is 48.9 Å². The Bertz CT molecular complexity index is 2730. The quantitative estimate of drug-likeness (QED) is 0.0815. The minimum absolute atomic E-state index is 0.0237. The van der Waals surface area contributed by atoms with Crippen LogP contribution in [0.4, 0.5) is 5.69 Å². The van der Waals surface area contributed by atoms with Gasteiger partial charge in [-0.05, 0) is 70.5 Å². The molecule has 56 heavy (non-hydrogen) atoms. The van der Waals surface area contributed by atoms with E-state index < -0.39 is 35.4 Å². The van der Waals surface area contributed by atoms with Crippen LogP contribution in [0.5, 0.6) is 5.75 Å². The van der Waals surface area contributed by atoms with Crippen molar-refractivity contribution in [3.8, 4) is 28.2 Å². The molecular formula is C42H46N4O8S2. The Labute approximate surface area is 327 Å². The van der Waals surface area contributed by atoms with Crippen LogP contribution in [0.3, 0.4) is 0 Å². The van der Waals surface area contributed by atoms with Gasteiger partial charge in [0.15, 0.2) is 5.75 Å². The maximum absolute atomic E-state index is 13.9. The number of nitrogens with one attached hydrogen (secondary N) is 1. The summed E-state index contributed by atoms with van der Waals surface area (Å²) in [6.45, 7) is 12.6. The van der Waals surface area contributed by atoms with Crippen molar-refractivity contribution in [2.75, 3.05) is 31.1 Å². The smallest absolute Gasteiger partial charge is 0.240 e. The summed E-state index contributed by atoms with van der Waals surface area (Å²) in [6, 6.07) is 25.4. The molecule has 0 bridgehead atoms. The first-order valence-corrected chi connectivity index (χ1v) is 21.4. The third kappa shape index (κ3) is 8.14. The topological polar surface area (TPSA) is 154 Å². The third-order valence-electron chi connectivity index (χ3n) is 10.2. The predicted molar refractivity (Wildman–Crippen MR) is 217 cm³/mol. The van der Waals surface area contributed by atoms with Gasteiger partial charge in [0.05, 0.1) is 28.1 Å². The molecule has 0 fully saturated rings. The van der Waals surface area contributed by atoms with Gasteiger partial charge in [-0.2, -0.15) is 0 Å². The number of ether oxygens (including phenoxy) is 1. The van der Waals surface area contributed by atoms with Crippen molar-refractivity contribution in [3.05, 3.63) is 124 Å².